The van der Waals surface area contributed by atoms with Gasteiger partial charge >= 0.3 is 6.18 Å². The second kappa shape index (κ2) is 10.2. The Hall–Kier alpha value is -4.21. The number of nitrogens with two attached hydrogens (primary N) is 1. The van der Waals surface area contributed by atoms with Gasteiger partial charge in [-0.25, -0.2) is 9.97 Å². The number of rotatable bonds is 7. The van der Waals surface area contributed by atoms with Crippen LogP contribution in [-0.4, -0.2) is 31.8 Å². The summed E-state index contributed by atoms with van der Waals surface area (Å²) >= 11 is 0. The fourth-order valence-corrected chi connectivity index (χ4v) is 3.74. The van der Waals surface area contributed by atoms with Crippen LogP contribution in [0.2, 0.25) is 0 Å². The molecule has 4 N–H and O–H groups in total. The Labute approximate surface area is 206 Å². The number of anilines is 1. The summed E-state index contributed by atoms with van der Waals surface area (Å²) in [5, 5.41) is 3.24. The van der Waals surface area contributed by atoms with E-state index in [-0.39, 0.29) is 5.71 Å². The molecule has 0 aliphatic heterocycles. The number of nitrogens with one attached hydrogen (secondary N) is 2. The number of allylic oxidation sites excluding steroid dienone is 2. The molecule has 4 aromatic rings. The summed E-state index contributed by atoms with van der Waals surface area (Å²) in [6.07, 6.45) is -2.17. The summed E-state index contributed by atoms with van der Waals surface area (Å²) in [7, 11) is 0. The molecule has 0 aliphatic carbocycles. The lowest BCUT2D eigenvalue weighted by molar-refractivity contribution is -0.0925. The van der Waals surface area contributed by atoms with Crippen molar-refractivity contribution in [2.45, 2.75) is 39.4 Å². The van der Waals surface area contributed by atoms with E-state index in [4.69, 9.17) is 10.7 Å². The van der Waals surface area contributed by atoms with Crippen LogP contribution < -0.4 is 11.1 Å². The molecular formula is C26H26F3N7. The number of fused-ring (bicyclic) bond motifs is 1. The van der Waals surface area contributed by atoms with Crippen LogP contribution in [0.1, 0.15) is 37.8 Å². The van der Waals surface area contributed by atoms with Crippen LogP contribution in [0.3, 0.4) is 0 Å². The van der Waals surface area contributed by atoms with Gasteiger partial charge in [-0.3, -0.25) is 4.99 Å². The minimum absolute atomic E-state index is 0.158. The third-order valence-electron chi connectivity index (χ3n) is 5.51. The zero-order chi connectivity index (χ0) is 25.9. The van der Waals surface area contributed by atoms with Crippen molar-refractivity contribution in [3.05, 3.63) is 77.8 Å². The Morgan fingerprint density at radius 2 is 1.83 bits per heavy atom. The SMILES string of the molecule is CC(/C=C(\N)C(F)(F)F)=Nc1ccc(CNc2nc(-c3ccccc3C(C)C)c3[nH]cnc3n2)cc1. The molecule has 0 saturated carbocycles. The maximum Gasteiger partial charge on any atom is 0.430 e. The van der Waals surface area contributed by atoms with Crippen LogP contribution in [0.4, 0.5) is 24.8 Å². The number of alkyl halides is 3. The number of hydrogen-bond donors (Lipinski definition) is 3. The van der Waals surface area contributed by atoms with E-state index in [9.17, 15) is 13.2 Å². The summed E-state index contributed by atoms with van der Waals surface area (Å²) < 4.78 is 37.8. The average molecular weight is 494 g/mol. The molecule has 0 saturated heterocycles. The van der Waals surface area contributed by atoms with E-state index in [0.29, 0.717) is 29.7 Å². The molecule has 0 spiro atoms. The van der Waals surface area contributed by atoms with Gasteiger partial charge in [-0.15, -0.1) is 0 Å². The summed E-state index contributed by atoms with van der Waals surface area (Å²) in [5.41, 5.74) is 9.77. The molecule has 2 aromatic carbocycles. The van der Waals surface area contributed by atoms with Gasteiger partial charge in [-0.05, 0) is 42.2 Å². The van der Waals surface area contributed by atoms with Crippen LogP contribution in [0, 0.1) is 0 Å². The van der Waals surface area contributed by atoms with Gasteiger partial charge in [0.15, 0.2) is 5.65 Å². The molecule has 0 unspecified atom stereocenters. The minimum atomic E-state index is -4.58. The molecule has 0 atom stereocenters. The zero-order valence-corrected chi connectivity index (χ0v) is 20.1. The number of benzene rings is 2. The Kier molecular flexibility index (Phi) is 7.05. The average Bonchev–Trinajstić information content (AvgIpc) is 3.31. The van der Waals surface area contributed by atoms with E-state index < -0.39 is 11.9 Å². The first-order valence-electron chi connectivity index (χ1n) is 11.3. The van der Waals surface area contributed by atoms with Gasteiger partial charge < -0.3 is 16.0 Å². The fraction of sp³-hybridized carbons (Fsp3) is 0.231. The number of hydrogen-bond acceptors (Lipinski definition) is 6. The molecule has 4 rings (SSSR count). The lowest BCUT2D eigenvalue weighted by Crippen LogP contribution is -2.20. The van der Waals surface area contributed by atoms with Gasteiger partial charge in [0.05, 0.1) is 12.0 Å². The standard InChI is InChI=1S/C26H26F3N7/c1-15(2)19-6-4-5-7-20(19)22-23-24(33-14-32-23)36-25(35-22)31-13-17-8-10-18(11-9-17)34-16(3)12-21(30)26(27,28)29/h4-12,14-15H,13,30H2,1-3H3,(H2,31,32,33,35,36)/b21-12-,34-16?. The van der Waals surface area contributed by atoms with Crippen LogP contribution >= 0.6 is 0 Å². The summed E-state index contributed by atoms with van der Waals surface area (Å²) in [4.78, 5) is 20.9. The van der Waals surface area contributed by atoms with E-state index in [2.05, 4.69) is 45.2 Å². The number of nitrogens with zero attached hydrogens (tertiary/aromatic N) is 4. The van der Waals surface area contributed by atoms with Crippen molar-refractivity contribution in [3.63, 3.8) is 0 Å². The van der Waals surface area contributed by atoms with Crippen LogP contribution in [0.5, 0.6) is 0 Å². The Morgan fingerprint density at radius 3 is 2.53 bits per heavy atom. The Bertz CT molecular complexity index is 1420. The number of aliphatic imine (C=N–C) groups is 1. The van der Waals surface area contributed by atoms with Crippen LogP contribution in [0.25, 0.3) is 22.4 Å². The van der Waals surface area contributed by atoms with Gasteiger partial charge in [0.1, 0.15) is 16.9 Å². The summed E-state index contributed by atoms with van der Waals surface area (Å²) in [5.74, 6) is 0.754. The van der Waals surface area contributed by atoms with Crippen molar-refractivity contribution in [1.82, 2.24) is 19.9 Å². The normalized spacial score (nSPS) is 13.0. The first-order valence-corrected chi connectivity index (χ1v) is 11.3. The van der Waals surface area contributed by atoms with E-state index in [1.54, 1.807) is 18.5 Å². The highest BCUT2D eigenvalue weighted by Crippen LogP contribution is 2.32. The zero-order valence-electron chi connectivity index (χ0n) is 20.1. The quantitative estimate of drug-likeness (QED) is 0.264. The highest BCUT2D eigenvalue weighted by Gasteiger charge is 2.31. The van der Waals surface area contributed by atoms with E-state index in [1.165, 1.54) is 12.5 Å². The lowest BCUT2D eigenvalue weighted by Gasteiger charge is -2.14. The van der Waals surface area contributed by atoms with Crippen molar-refractivity contribution >= 4 is 28.5 Å². The first kappa shape index (κ1) is 24.9. The van der Waals surface area contributed by atoms with Crippen molar-refractivity contribution < 1.29 is 13.2 Å². The van der Waals surface area contributed by atoms with E-state index >= 15 is 0 Å². The second-order valence-electron chi connectivity index (χ2n) is 8.61. The predicted molar refractivity (Wildman–Crippen MR) is 136 cm³/mol. The lowest BCUT2D eigenvalue weighted by atomic mass is 9.95. The Morgan fingerprint density at radius 1 is 1.11 bits per heavy atom. The molecular weight excluding hydrogens is 467 g/mol. The van der Waals surface area contributed by atoms with Crippen molar-refractivity contribution in [3.8, 4) is 11.3 Å². The molecule has 36 heavy (non-hydrogen) atoms. The Balaban J connectivity index is 1.54. The van der Waals surface area contributed by atoms with Gasteiger partial charge in [0.2, 0.25) is 5.95 Å². The highest BCUT2D eigenvalue weighted by atomic mass is 19.4. The third-order valence-corrected chi connectivity index (χ3v) is 5.51. The molecule has 10 heteroatoms. The van der Waals surface area contributed by atoms with Crippen LogP contribution in [-0.2, 0) is 6.54 Å². The molecule has 0 radical (unpaired) electrons. The topological polar surface area (TPSA) is 105 Å². The number of aromatic amines is 1. The van der Waals surface area contributed by atoms with Crippen molar-refractivity contribution in [1.29, 1.82) is 0 Å². The van der Waals surface area contributed by atoms with Crippen molar-refractivity contribution in [2.75, 3.05) is 5.32 Å². The number of imidazole rings is 1. The van der Waals surface area contributed by atoms with E-state index in [1.807, 2.05) is 30.3 Å². The smallest absolute Gasteiger partial charge is 0.395 e. The number of aromatic nitrogens is 4. The molecule has 7 nitrogen and oxygen atoms in total. The maximum absolute atomic E-state index is 12.6. The fourth-order valence-electron chi connectivity index (χ4n) is 3.74. The minimum Gasteiger partial charge on any atom is -0.395 e. The molecule has 0 fully saturated rings. The molecule has 2 heterocycles. The van der Waals surface area contributed by atoms with Crippen molar-refractivity contribution in [2.24, 2.45) is 10.7 Å². The van der Waals surface area contributed by atoms with Gasteiger partial charge in [0, 0.05) is 17.8 Å². The predicted octanol–water partition coefficient (Wildman–Crippen LogP) is 6.25. The molecule has 186 valence electrons. The monoisotopic (exact) mass is 493 g/mol. The highest BCUT2D eigenvalue weighted by molar-refractivity contribution is 5.95. The molecule has 0 aliphatic rings. The largest absolute Gasteiger partial charge is 0.430 e. The number of halogens is 3. The third kappa shape index (κ3) is 5.70. The van der Waals surface area contributed by atoms with Gasteiger partial charge in [0.25, 0.3) is 0 Å². The molecule has 2 aromatic heterocycles. The van der Waals surface area contributed by atoms with Gasteiger partial charge in [-0.2, -0.15) is 18.2 Å². The van der Waals surface area contributed by atoms with Gasteiger partial charge in [-0.1, -0.05) is 50.2 Å². The second-order valence-corrected chi connectivity index (χ2v) is 8.61. The summed E-state index contributed by atoms with van der Waals surface area (Å²) in [6.45, 7) is 6.18. The van der Waals surface area contributed by atoms with E-state index in [0.717, 1.165) is 28.4 Å². The number of H-pyrrole nitrogens is 1. The maximum atomic E-state index is 12.6. The van der Waals surface area contributed by atoms with Crippen LogP contribution in [0.15, 0.2) is 71.6 Å². The summed E-state index contributed by atoms with van der Waals surface area (Å²) in [6, 6.07) is 15.2. The molecule has 0 bridgehead atoms. The molecule has 0 amide bonds. The first-order chi connectivity index (χ1) is 17.1.